The van der Waals surface area contributed by atoms with Crippen LogP contribution in [0.3, 0.4) is 0 Å². The molecule has 0 saturated carbocycles. The van der Waals surface area contributed by atoms with Crippen molar-refractivity contribution in [1.82, 2.24) is 0 Å². The molecule has 0 fully saturated rings. The number of carboxylic acids is 1. The molecule has 1 aromatic carbocycles. The lowest BCUT2D eigenvalue weighted by atomic mass is 10.0. The SMILES string of the molecule is CCS[C@H](CCc1ccccc1)[C@@H](O)CCCC(=O)O. The number of thioether (sulfide) groups is 1. The van der Waals surface area contributed by atoms with Crippen molar-refractivity contribution >= 4 is 17.7 Å². The summed E-state index contributed by atoms with van der Waals surface area (Å²) in [6.07, 6.45) is 2.72. The Morgan fingerprint density at radius 2 is 1.95 bits per heavy atom. The van der Waals surface area contributed by atoms with E-state index in [0.29, 0.717) is 12.8 Å². The summed E-state index contributed by atoms with van der Waals surface area (Å²) in [5, 5.41) is 19.0. The average Bonchev–Trinajstić information content (AvgIpc) is 2.44. The van der Waals surface area contributed by atoms with Crippen LogP contribution in [-0.4, -0.2) is 33.3 Å². The Hall–Kier alpha value is -1.00. The normalized spacial score (nSPS) is 13.9. The second kappa shape index (κ2) is 9.83. The summed E-state index contributed by atoms with van der Waals surface area (Å²) in [5.41, 5.74) is 1.28. The number of rotatable bonds is 10. The van der Waals surface area contributed by atoms with Gasteiger partial charge in [-0.25, -0.2) is 0 Å². The molecule has 1 rings (SSSR count). The zero-order chi connectivity index (χ0) is 14.8. The molecular formula is C16H24O3S. The Morgan fingerprint density at radius 1 is 1.25 bits per heavy atom. The van der Waals surface area contributed by atoms with Crippen molar-refractivity contribution in [2.75, 3.05) is 5.75 Å². The van der Waals surface area contributed by atoms with E-state index in [-0.39, 0.29) is 11.7 Å². The molecule has 2 atom stereocenters. The van der Waals surface area contributed by atoms with Crippen molar-refractivity contribution < 1.29 is 15.0 Å². The summed E-state index contributed by atoms with van der Waals surface area (Å²) in [5.74, 6) is 0.177. The van der Waals surface area contributed by atoms with Gasteiger partial charge < -0.3 is 10.2 Å². The predicted octanol–water partition coefficient (Wildman–Crippen LogP) is 3.36. The van der Waals surface area contributed by atoms with Crippen molar-refractivity contribution in [2.24, 2.45) is 0 Å². The van der Waals surface area contributed by atoms with Crippen LogP contribution in [0.25, 0.3) is 0 Å². The first-order valence-electron chi connectivity index (χ1n) is 7.19. The van der Waals surface area contributed by atoms with Crippen LogP contribution < -0.4 is 0 Å². The fraction of sp³-hybridized carbons (Fsp3) is 0.562. The second-order valence-electron chi connectivity index (χ2n) is 4.87. The van der Waals surface area contributed by atoms with Gasteiger partial charge in [-0.3, -0.25) is 4.79 Å². The minimum absolute atomic E-state index is 0.138. The maximum atomic E-state index is 10.5. The van der Waals surface area contributed by atoms with E-state index in [1.807, 2.05) is 18.2 Å². The van der Waals surface area contributed by atoms with Crippen LogP contribution in [0.15, 0.2) is 30.3 Å². The molecule has 0 aliphatic heterocycles. The average molecular weight is 296 g/mol. The number of aliphatic hydroxyl groups is 1. The van der Waals surface area contributed by atoms with Crippen molar-refractivity contribution in [3.8, 4) is 0 Å². The van der Waals surface area contributed by atoms with Gasteiger partial charge >= 0.3 is 5.97 Å². The van der Waals surface area contributed by atoms with Crippen LogP contribution in [0.5, 0.6) is 0 Å². The summed E-state index contributed by atoms with van der Waals surface area (Å²) in [6, 6.07) is 10.3. The van der Waals surface area contributed by atoms with Crippen LogP contribution in [-0.2, 0) is 11.2 Å². The molecule has 112 valence electrons. The Bertz CT molecular complexity index is 381. The third-order valence-electron chi connectivity index (χ3n) is 3.26. The highest BCUT2D eigenvalue weighted by atomic mass is 32.2. The van der Waals surface area contributed by atoms with Crippen LogP contribution in [0.4, 0.5) is 0 Å². The van der Waals surface area contributed by atoms with Gasteiger partial charge in [0.05, 0.1) is 6.10 Å². The molecule has 20 heavy (non-hydrogen) atoms. The predicted molar refractivity (Wildman–Crippen MR) is 84.2 cm³/mol. The maximum Gasteiger partial charge on any atom is 0.303 e. The number of aliphatic carboxylic acids is 1. The van der Waals surface area contributed by atoms with Gasteiger partial charge in [-0.1, -0.05) is 37.3 Å². The lowest BCUT2D eigenvalue weighted by Gasteiger charge is -2.22. The van der Waals surface area contributed by atoms with Crippen LogP contribution in [0.1, 0.15) is 38.2 Å². The summed E-state index contributed by atoms with van der Waals surface area (Å²) < 4.78 is 0. The molecule has 0 unspecified atom stereocenters. The summed E-state index contributed by atoms with van der Waals surface area (Å²) in [6.45, 7) is 2.09. The maximum absolute atomic E-state index is 10.5. The third-order valence-corrected chi connectivity index (χ3v) is 4.57. The second-order valence-corrected chi connectivity index (χ2v) is 6.39. The molecule has 0 radical (unpaired) electrons. The van der Waals surface area contributed by atoms with Crippen molar-refractivity contribution in [1.29, 1.82) is 0 Å². The zero-order valence-electron chi connectivity index (χ0n) is 12.0. The van der Waals surface area contributed by atoms with E-state index in [0.717, 1.165) is 18.6 Å². The molecule has 4 heteroatoms. The van der Waals surface area contributed by atoms with Gasteiger partial charge in [0.15, 0.2) is 0 Å². The number of hydrogen-bond donors (Lipinski definition) is 2. The number of hydrogen-bond acceptors (Lipinski definition) is 3. The molecule has 0 aliphatic carbocycles. The van der Waals surface area contributed by atoms with E-state index in [1.165, 1.54) is 5.56 Å². The molecular weight excluding hydrogens is 272 g/mol. The molecule has 0 aromatic heterocycles. The molecule has 1 aromatic rings. The Labute approximate surface area is 125 Å². The van der Waals surface area contributed by atoms with Crippen LogP contribution in [0, 0.1) is 0 Å². The van der Waals surface area contributed by atoms with Gasteiger partial charge in [-0.15, -0.1) is 0 Å². The lowest BCUT2D eigenvalue weighted by molar-refractivity contribution is -0.137. The van der Waals surface area contributed by atoms with Crippen molar-refractivity contribution in [3.05, 3.63) is 35.9 Å². The van der Waals surface area contributed by atoms with Gasteiger partial charge in [-0.2, -0.15) is 11.8 Å². The summed E-state index contributed by atoms with van der Waals surface area (Å²) in [7, 11) is 0. The third kappa shape index (κ3) is 6.96. The highest BCUT2D eigenvalue weighted by Gasteiger charge is 2.19. The highest BCUT2D eigenvalue weighted by molar-refractivity contribution is 7.99. The number of aliphatic hydroxyl groups excluding tert-OH is 1. The van der Waals surface area contributed by atoms with Gasteiger partial charge in [0, 0.05) is 11.7 Å². The number of aryl methyl sites for hydroxylation is 1. The quantitative estimate of drug-likeness (QED) is 0.695. The molecule has 0 spiro atoms. The minimum atomic E-state index is -0.791. The van der Waals surface area contributed by atoms with E-state index in [2.05, 4.69) is 19.1 Å². The molecule has 0 aliphatic rings. The van der Waals surface area contributed by atoms with Crippen LogP contribution >= 0.6 is 11.8 Å². The van der Waals surface area contributed by atoms with E-state index in [4.69, 9.17) is 5.11 Å². The van der Waals surface area contributed by atoms with Crippen molar-refractivity contribution in [3.63, 3.8) is 0 Å². The van der Waals surface area contributed by atoms with Crippen LogP contribution in [0.2, 0.25) is 0 Å². The smallest absolute Gasteiger partial charge is 0.303 e. The number of carbonyl (C=O) groups is 1. The first-order chi connectivity index (χ1) is 9.63. The highest BCUT2D eigenvalue weighted by Crippen LogP contribution is 2.23. The first-order valence-corrected chi connectivity index (χ1v) is 8.23. The first kappa shape index (κ1) is 17.1. The van der Waals surface area contributed by atoms with E-state index < -0.39 is 12.1 Å². The van der Waals surface area contributed by atoms with Crippen molar-refractivity contribution in [2.45, 2.75) is 50.4 Å². The molecule has 0 heterocycles. The molecule has 0 bridgehead atoms. The van der Waals surface area contributed by atoms with Gasteiger partial charge in [0.1, 0.15) is 0 Å². The van der Waals surface area contributed by atoms with E-state index in [1.54, 1.807) is 11.8 Å². The fourth-order valence-electron chi connectivity index (χ4n) is 2.20. The Balaban J connectivity index is 2.40. The Kier molecular flexibility index (Phi) is 8.38. The van der Waals surface area contributed by atoms with Gasteiger partial charge in [-0.05, 0) is 37.0 Å². The minimum Gasteiger partial charge on any atom is -0.481 e. The Morgan fingerprint density at radius 3 is 2.55 bits per heavy atom. The standard InChI is InChI=1S/C16H24O3S/c1-2-20-15(14(17)9-6-10-16(18)19)12-11-13-7-4-3-5-8-13/h3-5,7-8,14-15,17H,2,6,9-12H2,1H3,(H,18,19)/t14-,15+/m0/s1. The number of carboxylic acid groups (broad SMARTS) is 1. The molecule has 2 N–H and O–H groups in total. The van der Waals surface area contributed by atoms with E-state index in [9.17, 15) is 9.90 Å². The summed E-state index contributed by atoms with van der Waals surface area (Å²) >= 11 is 1.77. The zero-order valence-corrected chi connectivity index (χ0v) is 12.8. The molecule has 0 saturated heterocycles. The fourth-order valence-corrected chi connectivity index (χ4v) is 3.27. The largest absolute Gasteiger partial charge is 0.481 e. The topological polar surface area (TPSA) is 57.5 Å². The van der Waals surface area contributed by atoms with Gasteiger partial charge in [0.25, 0.3) is 0 Å². The summed E-state index contributed by atoms with van der Waals surface area (Å²) in [4.78, 5) is 10.5. The molecule has 0 amide bonds. The lowest BCUT2D eigenvalue weighted by Crippen LogP contribution is -2.24. The monoisotopic (exact) mass is 296 g/mol. The number of benzene rings is 1. The van der Waals surface area contributed by atoms with Gasteiger partial charge in [0.2, 0.25) is 0 Å². The molecule has 3 nitrogen and oxygen atoms in total. The van der Waals surface area contributed by atoms with E-state index >= 15 is 0 Å².